The molecule has 150 valence electrons. The van der Waals surface area contributed by atoms with Gasteiger partial charge < -0.3 is 4.55 Å². The van der Waals surface area contributed by atoms with Gasteiger partial charge in [0, 0.05) is 41.0 Å². The number of hydrogen-bond donors (Lipinski definition) is 1. The number of nitro benzene ring substituents is 1. The molecule has 0 aliphatic rings. The zero-order valence-electron chi connectivity index (χ0n) is 16.2. The molecule has 2 atom stereocenters. The zero-order chi connectivity index (χ0) is 21.1. The topological polar surface area (TPSA) is 95.3 Å². The second-order valence-electron chi connectivity index (χ2n) is 7.70. The predicted molar refractivity (Wildman–Crippen MR) is 107 cm³/mol. The molecule has 0 radical (unpaired) electrons. The molecule has 0 aliphatic carbocycles. The predicted octanol–water partition coefficient (Wildman–Crippen LogP) is 4.27. The van der Waals surface area contributed by atoms with E-state index in [4.69, 9.17) is 0 Å². The first-order chi connectivity index (χ1) is 12.9. The van der Waals surface area contributed by atoms with Gasteiger partial charge in [-0.25, -0.2) is 4.39 Å². The quantitative estimate of drug-likeness (QED) is 0.321. The number of nitrogens with one attached hydrogen (secondary N) is 1. The second kappa shape index (κ2) is 8.38. The lowest BCUT2D eigenvalue weighted by Gasteiger charge is -2.35. The molecule has 0 saturated heterocycles. The Kier molecular flexibility index (Phi) is 6.59. The van der Waals surface area contributed by atoms with Crippen LogP contribution in [0.2, 0.25) is 0 Å². The maximum Gasteiger partial charge on any atom is 0.269 e. The Bertz CT molecular complexity index is 870. The van der Waals surface area contributed by atoms with Crippen molar-refractivity contribution in [2.75, 3.05) is 0 Å². The fourth-order valence-corrected chi connectivity index (χ4v) is 3.54. The molecule has 28 heavy (non-hydrogen) atoms. The Hall–Kier alpha value is -2.29. The van der Waals surface area contributed by atoms with E-state index in [0.717, 1.165) is 18.2 Å². The summed E-state index contributed by atoms with van der Waals surface area (Å²) in [6.07, 6.45) is -0.225. The van der Waals surface area contributed by atoms with Crippen molar-refractivity contribution in [1.82, 2.24) is 4.72 Å². The third kappa shape index (κ3) is 5.15. The normalized spacial score (nSPS) is 14.9. The van der Waals surface area contributed by atoms with Crippen LogP contribution in [0, 0.1) is 15.9 Å². The first-order valence-corrected chi connectivity index (χ1v) is 9.81. The van der Waals surface area contributed by atoms with Crippen LogP contribution in [0.15, 0.2) is 48.5 Å². The van der Waals surface area contributed by atoms with Gasteiger partial charge in [0.1, 0.15) is 10.6 Å². The van der Waals surface area contributed by atoms with E-state index in [-0.39, 0.29) is 23.5 Å². The van der Waals surface area contributed by atoms with Gasteiger partial charge >= 0.3 is 0 Å². The minimum absolute atomic E-state index is 0.0800. The van der Waals surface area contributed by atoms with Gasteiger partial charge in [-0.15, -0.1) is 4.72 Å². The van der Waals surface area contributed by atoms with Crippen molar-refractivity contribution in [3.8, 4) is 0 Å². The highest BCUT2D eigenvalue weighted by Crippen LogP contribution is 2.33. The molecule has 1 N–H and O–H groups in total. The average molecular weight is 406 g/mol. The van der Waals surface area contributed by atoms with E-state index in [1.807, 2.05) is 0 Å². The Balaban J connectivity index is 2.51. The van der Waals surface area contributed by atoms with Crippen molar-refractivity contribution in [3.63, 3.8) is 0 Å². The van der Waals surface area contributed by atoms with Crippen LogP contribution in [0.5, 0.6) is 0 Å². The van der Waals surface area contributed by atoms with Crippen LogP contribution in [-0.4, -0.2) is 20.0 Å². The summed E-state index contributed by atoms with van der Waals surface area (Å²) in [4.78, 5) is 23.3. The third-order valence-corrected chi connectivity index (χ3v) is 5.99. The number of carbonyl (C=O) groups excluding carboxylic acids is 1. The fraction of sp³-hybridized carbons (Fsp3) is 0.350. The highest BCUT2D eigenvalue weighted by molar-refractivity contribution is 7.90. The molecule has 0 aliphatic heterocycles. The van der Waals surface area contributed by atoms with Crippen molar-refractivity contribution in [2.45, 2.75) is 44.4 Å². The molecule has 0 saturated carbocycles. The summed E-state index contributed by atoms with van der Waals surface area (Å²) >= 11 is -1.64. The highest BCUT2D eigenvalue weighted by Gasteiger charge is 2.41. The number of Topliss-reactive ketones (excluding diaryl/α,β-unsaturated/α-hetero) is 1. The van der Waals surface area contributed by atoms with Crippen LogP contribution in [0.3, 0.4) is 0 Å². The molecule has 0 fully saturated rings. The number of carbonyl (C=O) groups is 1. The zero-order valence-corrected chi connectivity index (χ0v) is 17.0. The number of nitrogens with zero attached hydrogens (tertiary/aromatic N) is 1. The molecule has 0 aromatic heterocycles. The molecule has 0 amide bonds. The van der Waals surface area contributed by atoms with Crippen LogP contribution >= 0.6 is 0 Å². The number of benzene rings is 2. The summed E-state index contributed by atoms with van der Waals surface area (Å²) in [5, 5.41) is 11.2. The molecule has 2 rings (SSSR count). The van der Waals surface area contributed by atoms with Crippen molar-refractivity contribution >= 4 is 22.8 Å². The third-order valence-electron chi connectivity index (χ3n) is 4.24. The average Bonchev–Trinajstić information content (AvgIpc) is 2.61. The molecule has 8 heteroatoms. The van der Waals surface area contributed by atoms with Gasteiger partial charge in [0.2, 0.25) is 0 Å². The molecule has 2 aromatic rings. The van der Waals surface area contributed by atoms with E-state index in [1.54, 1.807) is 51.1 Å². The van der Waals surface area contributed by atoms with Crippen LogP contribution in [0.25, 0.3) is 0 Å². The molecule has 0 spiro atoms. The van der Waals surface area contributed by atoms with Gasteiger partial charge in [0.25, 0.3) is 5.69 Å². The lowest BCUT2D eigenvalue weighted by molar-refractivity contribution is -0.385. The molecular weight excluding hydrogens is 383 g/mol. The van der Waals surface area contributed by atoms with E-state index in [9.17, 15) is 23.9 Å². The molecule has 2 aromatic carbocycles. The number of non-ortho nitro benzene ring substituents is 1. The molecule has 0 heterocycles. The van der Waals surface area contributed by atoms with E-state index < -0.39 is 32.4 Å². The van der Waals surface area contributed by atoms with E-state index >= 15 is 0 Å². The number of ketones is 1. The standard InChI is InChI=1S/C20H23FN2O4S/c1-19(2,3)28(27)22-20(4,13-18(24)14-8-6-5-7-9-14)16-12-15(23(25)26)10-11-17(16)21/h5-12,22H,13H2,1-4H3/t20-,28+/m0/s1. The minimum atomic E-state index is -1.64. The lowest BCUT2D eigenvalue weighted by atomic mass is 9.85. The first-order valence-electron chi connectivity index (χ1n) is 8.66. The van der Waals surface area contributed by atoms with Crippen LogP contribution < -0.4 is 4.72 Å². The number of rotatable bonds is 7. The summed E-state index contributed by atoms with van der Waals surface area (Å²) in [5.41, 5.74) is -1.38. The minimum Gasteiger partial charge on any atom is -0.598 e. The van der Waals surface area contributed by atoms with Gasteiger partial charge in [-0.2, -0.15) is 0 Å². The van der Waals surface area contributed by atoms with Crippen LogP contribution in [0.4, 0.5) is 10.1 Å². The van der Waals surface area contributed by atoms with Gasteiger partial charge in [-0.1, -0.05) is 30.3 Å². The smallest absolute Gasteiger partial charge is 0.269 e. The van der Waals surface area contributed by atoms with Crippen molar-refractivity contribution in [2.24, 2.45) is 0 Å². The lowest BCUT2D eigenvalue weighted by Crippen LogP contribution is -2.51. The van der Waals surface area contributed by atoms with Crippen molar-refractivity contribution in [1.29, 1.82) is 0 Å². The van der Waals surface area contributed by atoms with Gasteiger partial charge in [0.05, 0.1) is 10.5 Å². The number of nitro groups is 1. The highest BCUT2D eigenvalue weighted by atomic mass is 32.2. The molecule has 0 unspecified atom stereocenters. The van der Waals surface area contributed by atoms with Crippen molar-refractivity contribution in [3.05, 3.63) is 75.6 Å². The molecule has 0 bridgehead atoms. The van der Waals surface area contributed by atoms with Gasteiger partial charge in [-0.05, 0) is 33.8 Å². The second-order valence-corrected chi connectivity index (χ2v) is 9.67. The Morgan fingerprint density at radius 2 is 1.75 bits per heavy atom. The van der Waals surface area contributed by atoms with Crippen LogP contribution in [0.1, 0.15) is 50.0 Å². The van der Waals surface area contributed by atoms with Gasteiger partial charge in [-0.3, -0.25) is 14.9 Å². The summed E-state index contributed by atoms with van der Waals surface area (Å²) in [5.74, 6) is -1.01. The Labute approximate surface area is 166 Å². The molecular formula is C20H23FN2O4S. The first kappa shape index (κ1) is 22.0. The summed E-state index contributed by atoms with van der Waals surface area (Å²) < 4.78 is 29.5. The Morgan fingerprint density at radius 1 is 1.14 bits per heavy atom. The SMILES string of the molecule is CC(C)(C)[S@@+]([O-])N[C@@](C)(CC(=O)c1ccccc1)c1cc([N+](=O)[O-])ccc1F. The van der Waals surface area contributed by atoms with Gasteiger partial charge in [0.15, 0.2) is 5.78 Å². The Morgan fingerprint density at radius 3 is 2.29 bits per heavy atom. The fourth-order valence-electron chi connectivity index (χ4n) is 2.64. The molecule has 6 nitrogen and oxygen atoms in total. The van der Waals surface area contributed by atoms with Crippen LogP contribution in [-0.2, 0) is 16.9 Å². The summed E-state index contributed by atoms with van der Waals surface area (Å²) in [6, 6.07) is 11.6. The number of hydrogen-bond acceptors (Lipinski definition) is 5. The summed E-state index contributed by atoms with van der Waals surface area (Å²) in [6.45, 7) is 6.73. The number of halogens is 1. The van der Waals surface area contributed by atoms with E-state index in [2.05, 4.69) is 4.72 Å². The maximum absolute atomic E-state index is 14.7. The van der Waals surface area contributed by atoms with E-state index in [0.29, 0.717) is 5.56 Å². The monoisotopic (exact) mass is 406 g/mol. The summed E-state index contributed by atoms with van der Waals surface area (Å²) in [7, 11) is 0. The van der Waals surface area contributed by atoms with E-state index in [1.165, 1.54) is 6.92 Å². The van der Waals surface area contributed by atoms with Crippen molar-refractivity contribution < 1.29 is 18.7 Å². The maximum atomic E-state index is 14.7. The largest absolute Gasteiger partial charge is 0.598 e.